The molecule has 0 spiro atoms. The van der Waals surface area contributed by atoms with Crippen molar-refractivity contribution in [2.24, 2.45) is 17.8 Å². The molecule has 19 heavy (non-hydrogen) atoms. The number of hydrogen-bond donors (Lipinski definition) is 1. The van der Waals surface area contributed by atoms with Gasteiger partial charge in [-0.3, -0.25) is 0 Å². The van der Waals surface area contributed by atoms with Crippen LogP contribution in [0.3, 0.4) is 0 Å². The number of nitrogens with one attached hydrogen (secondary N) is 1. The number of rotatable bonds is 3. The van der Waals surface area contributed by atoms with Gasteiger partial charge in [0.25, 0.3) is 0 Å². The van der Waals surface area contributed by atoms with E-state index >= 15 is 0 Å². The minimum absolute atomic E-state index is 0. The van der Waals surface area contributed by atoms with Crippen LogP contribution in [0, 0.1) is 17.8 Å². The lowest BCUT2D eigenvalue weighted by atomic mass is 10.3. The maximum absolute atomic E-state index is 12.3. The van der Waals surface area contributed by atoms with Gasteiger partial charge < -0.3 is 10.1 Å². The zero-order valence-electron chi connectivity index (χ0n) is 9.98. The molecule has 1 N–H and O–H groups in total. The Labute approximate surface area is 115 Å². The quantitative estimate of drug-likeness (QED) is 0.929. The van der Waals surface area contributed by atoms with Crippen molar-refractivity contribution in [3.05, 3.63) is 24.0 Å². The molecule has 1 aliphatic heterocycles. The molecule has 106 valence electrons. The Balaban J connectivity index is 0.00000133. The highest BCUT2D eigenvalue weighted by Crippen LogP contribution is 2.48. The molecule has 2 fully saturated rings. The average Bonchev–Trinajstić information content (AvgIpc) is 2.77. The van der Waals surface area contributed by atoms with E-state index < -0.39 is 11.9 Å². The fourth-order valence-electron chi connectivity index (χ4n) is 2.62. The predicted molar refractivity (Wildman–Crippen MR) is 65.3 cm³/mol. The molecule has 7 heteroatoms. The van der Waals surface area contributed by atoms with E-state index in [1.54, 1.807) is 0 Å². The second kappa shape index (κ2) is 5.17. The lowest BCUT2D eigenvalue weighted by Crippen LogP contribution is -2.17. The first-order valence-corrected chi connectivity index (χ1v) is 5.92. The maximum Gasteiger partial charge on any atom is 0.433 e. The average molecular weight is 295 g/mol. The Kier molecular flexibility index (Phi) is 3.92. The Hall–Kier alpha value is -1.01. The van der Waals surface area contributed by atoms with Gasteiger partial charge in [0.15, 0.2) is 0 Å². The van der Waals surface area contributed by atoms with Gasteiger partial charge in [-0.25, -0.2) is 4.98 Å². The molecule has 1 aromatic rings. The van der Waals surface area contributed by atoms with E-state index in [4.69, 9.17) is 4.74 Å². The van der Waals surface area contributed by atoms with Crippen LogP contribution < -0.4 is 10.1 Å². The van der Waals surface area contributed by atoms with Gasteiger partial charge in [-0.15, -0.1) is 12.4 Å². The molecule has 3 rings (SSSR count). The zero-order valence-corrected chi connectivity index (χ0v) is 10.8. The highest BCUT2D eigenvalue weighted by Gasteiger charge is 2.52. The van der Waals surface area contributed by atoms with Gasteiger partial charge >= 0.3 is 6.18 Å². The number of pyridine rings is 1. The summed E-state index contributed by atoms with van der Waals surface area (Å²) in [6, 6.07) is 2.27. The third-order valence-electron chi connectivity index (χ3n) is 3.74. The Morgan fingerprint density at radius 1 is 1.26 bits per heavy atom. The smallest absolute Gasteiger partial charge is 0.433 e. The summed E-state index contributed by atoms with van der Waals surface area (Å²) in [5.74, 6) is 2.33. The molecule has 0 radical (unpaired) electrons. The topological polar surface area (TPSA) is 34.1 Å². The minimum atomic E-state index is -4.39. The second-order valence-electron chi connectivity index (χ2n) is 4.84. The molecule has 3 nitrogen and oxygen atoms in total. The van der Waals surface area contributed by atoms with Crippen LogP contribution in [-0.4, -0.2) is 24.7 Å². The summed E-state index contributed by atoms with van der Waals surface area (Å²) in [5.41, 5.74) is -0.887. The number of ether oxygens (including phenoxy) is 1. The lowest BCUT2D eigenvalue weighted by Gasteiger charge is -2.09. The van der Waals surface area contributed by atoms with Crippen LogP contribution in [0.4, 0.5) is 13.2 Å². The summed E-state index contributed by atoms with van der Waals surface area (Å²) >= 11 is 0. The van der Waals surface area contributed by atoms with E-state index in [-0.39, 0.29) is 12.4 Å². The number of piperidine rings is 1. The first-order valence-electron chi connectivity index (χ1n) is 5.92. The number of halogens is 4. The Morgan fingerprint density at radius 3 is 2.47 bits per heavy atom. The highest BCUT2D eigenvalue weighted by molar-refractivity contribution is 5.85. The molecule has 2 aliphatic rings. The van der Waals surface area contributed by atoms with Crippen LogP contribution in [0.2, 0.25) is 0 Å². The van der Waals surface area contributed by atoms with Gasteiger partial charge in [-0.05, 0) is 37.1 Å². The lowest BCUT2D eigenvalue weighted by molar-refractivity contribution is -0.141. The fourth-order valence-corrected chi connectivity index (χ4v) is 2.62. The molecule has 0 amide bonds. The minimum Gasteiger partial charge on any atom is -0.492 e. The van der Waals surface area contributed by atoms with Crippen LogP contribution in [0.15, 0.2) is 18.3 Å². The molecule has 0 unspecified atom stereocenters. The van der Waals surface area contributed by atoms with E-state index in [0.717, 1.165) is 25.4 Å². The van der Waals surface area contributed by atoms with E-state index in [1.807, 2.05) is 0 Å². The monoisotopic (exact) mass is 294 g/mol. The normalized spacial score (nSPS) is 28.5. The number of fused-ring (bicyclic) bond motifs is 1. The molecule has 1 saturated heterocycles. The molecule has 1 saturated carbocycles. The van der Waals surface area contributed by atoms with Gasteiger partial charge in [-0.2, -0.15) is 13.2 Å². The van der Waals surface area contributed by atoms with Crippen molar-refractivity contribution in [2.75, 3.05) is 19.7 Å². The SMILES string of the molecule is Cl.FC(F)(F)c1ccc(OC[C@@H]2[C@@H]3CNC[C@@H]32)cn1. The van der Waals surface area contributed by atoms with E-state index in [9.17, 15) is 13.2 Å². The van der Waals surface area contributed by atoms with Gasteiger partial charge in [0.2, 0.25) is 0 Å². The summed E-state index contributed by atoms with van der Waals surface area (Å²) < 4.78 is 42.3. The molecule has 0 aromatic carbocycles. The van der Waals surface area contributed by atoms with Gasteiger partial charge in [0.1, 0.15) is 11.4 Å². The van der Waals surface area contributed by atoms with Crippen LogP contribution in [-0.2, 0) is 6.18 Å². The standard InChI is InChI=1S/C12H13F3N2O.ClH/c13-12(14,15)11-2-1-7(3-17-11)18-6-10-8-4-16-5-9(8)10;/h1-3,8-10,16H,4-6H2;1H/t8-,9+,10-;. The summed E-state index contributed by atoms with van der Waals surface area (Å²) in [6.45, 7) is 2.64. The molecule has 0 bridgehead atoms. The van der Waals surface area contributed by atoms with Crippen molar-refractivity contribution in [2.45, 2.75) is 6.18 Å². The number of alkyl halides is 3. The largest absolute Gasteiger partial charge is 0.492 e. The van der Waals surface area contributed by atoms with Crippen LogP contribution in [0.25, 0.3) is 0 Å². The highest BCUT2D eigenvalue weighted by atomic mass is 35.5. The molecule has 1 aromatic heterocycles. The van der Waals surface area contributed by atoms with E-state index in [1.165, 1.54) is 6.07 Å². The number of aromatic nitrogens is 1. The van der Waals surface area contributed by atoms with Crippen molar-refractivity contribution in [3.63, 3.8) is 0 Å². The second-order valence-corrected chi connectivity index (χ2v) is 4.84. The summed E-state index contributed by atoms with van der Waals surface area (Å²) in [7, 11) is 0. The summed E-state index contributed by atoms with van der Waals surface area (Å²) in [5, 5.41) is 3.28. The van der Waals surface area contributed by atoms with Crippen molar-refractivity contribution in [1.29, 1.82) is 0 Å². The van der Waals surface area contributed by atoms with Crippen molar-refractivity contribution in [1.82, 2.24) is 10.3 Å². The fraction of sp³-hybridized carbons (Fsp3) is 0.583. The molecule has 2 heterocycles. The molecular formula is C12H14ClF3N2O. The molecule has 1 aliphatic carbocycles. The van der Waals surface area contributed by atoms with Gasteiger partial charge in [0, 0.05) is 5.92 Å². The van der Waals surface area contributed by atoms with E-state index in [0.29, 0.717) is 30.1 Å². The van der Waals surface area contributed by atoms with Crippen LogP contribution in [0.5, 0.6) is 5.75 Å². The maximum atomic E-state index is 12.3. The van der Waals surface area contributed by atoms with Crippen LogP contribution >= 0.6 is 12.4 Å². The summed E-state index contributed by atoms with van der Waals surface area (Å²) in [6.07, 6.45) is -3.25. The van der Waals surface area contributed by atoms with Crippen molar-refractivity contribution < 1.29 is 17.9 Å². The third-order valence-corrected chi connectivity index (χ3v) is 3.74. The molecule has 3 atom stereocenters. The van der Waals surface area contributed by atoms with Crippen molar-refractivity contribution >= 4 is 12.4 Å². The van der Waals surface area contributed by atoms with E-state index in [2.05, 4.69) is 10.3 Å². The third kappa shape index (κ3) is 2.95. The summed E-state index contributed by atoms with van der Waals surface area (Å²) in [4.78, 5) is 3.36. The zero-order chi connectivity index (χ0) is 12.8. The number of nitrogens with zero attached hydrogens (tertiary/aromatic N) is 1. The first kappa shape index (κ1) is 14.4. The Bertz CT molecular complexity index is 428. The van der Waals surface area contributed by atoms with Gasteiger partial charge in [-0.1, -0.05) is 0 Å². The number of hydrogen-bond acceptors (Lipinski definition) is 3. The first-order chi connectivity index (χ1) is 8.55. The van der Waals surface area contributed by atoms with Crippen LogP contribution in [0.1, 0.15) is 5.69 Å². The predicted octanol–water partition coefficient (Wildman–Crippen LogP) is 2.37. The Morgan fingerprint density at radius 2 is 1.95 bits per heavy atom. The molecular weight excluding hydrogens is 281 g/mol. The van der Waals surface area contributed by atoms with Gasteiger partial charge in [0.05, 0.1) is 12.8 Å². The van der Waals surface area contributed by atoms with Crippen molar-refractivity contribution in [3.8, 4) is 5.75 Å².